The van der Waals surface area contributed by atoms with Crippen LogP contribution in [0.3, 0.4) is 0 Å². The van der Waals surface area contributed by atoms with Crippen LogP contribution in [0.25, 0.3) is 0 Å². The summed E-state index contributed by atoms with van der Waals surface area (Å²) in [5.41, 5.74) is 1.94. The lowest BCUT2D eigenvalue weighted by Gasteiger charge is -2.25. The van der Waals surface area contributed by atoms with Crippen LogP contribution < -0.4 is 10.1 Å². The molecule has 0 aliphatic carbocycles. The summed E-state index contributed by atoms with van der Waals surface area (Å²) in [5, 5.41) is 2.81. The first-order chi connectivity index (χ1) is 15.7. The van der Waals surface area contributed by atoms with Gasteiger partial charge in [-0.05, 0) is 35.4 Å². The first-order valence-electron chi connectivity index (χ1n) is 10.2. The van der Waals surface area contributed by atoms with Gasteiger partial charge >= 0.3 is 6.36 Å². The Kier molecular flexibility index (Phi) is 7.71. The van der Waals surface area contributed by atoms with E-state index >= 15 is 0 Å². The lowest BCUT2D eigenvalue weighted by Crippen LogP contribution is -2.48. The minimum Gasteiger partial charge on any atom is -0.406 e. The molecule has 3 aromatic rings. The summed E-state index contributed by atoms with van der Waals surface area (Å²) >= 11 is 0. The average molecular weight is 456 g/mol. The van der Waals surface area contributed by atoms with E-state index < -0.39 is 12.4 Å². The van der Waals surface area contributed by atoms with Crippen molar-refractivity contribution in [2.24, 2.45) is 0 Å². The number of rotatable bonds is 8. The van der Waals surface area contributed by atoms with Crippen LogP contribution in [-0.2, 0) is 17.8 Å². The molecule has 0 spiro atoms. The van der Waals surface area contributed by atoms with Crippen LogP contribution in [-0.4, -0.2) is 36.2 Å². The number of carbonyl (C=O) groups excluding carboxylic acids is 2. The molecule has 1 atom stereocenters. The van der Waals surface area contributed by atoms with Crippen molar-refractivity contribution < 1.29 is 27.5 Å². The van der Waals surface area contributed by atoms with Gasteiger partial charge in [-0.1, -0.05) is 60.7 Å². The molecule has 0 aromatic heterocycles. The summed E-state index contributed by atoms with van der Waals surface area (Å²) in [4.78, 5) is 27.3. The van der Waals surface area contributed by atoms with Crippen molar-refractivity contribution in [1.29, 1.82) is 0 Å². The van der Waals surface area contributed by atoms with E-state index in [0.29, 0.717) is 17.5 Å². The number of amides is 2. The van der Waals surface area contributed by atoms with E-state index in [1.807, 2.05) is 30.3 Å². The molecule has 0 saturated heterocycles. The van der Waals surface area contributed by atoms with Gasteiger partial charge < -0.3 is 15.0 Å². The van der Waals surface area contributed by atoms with Crippen molar-refractivity contribution in [3.63, 3.8) is 0 Å². The van der Waals surface area contributed by atoms with Gasteiger partial charge in [0.2, 0.25) is 5.91 Å². The van der Waals surface area contributed by atoms with Crippen LogP contribution in [0.4, 0.5) is 13.2 Å². The number of benzene rings is 3. The quantitative estimate of drug-likeness (QED) is 0.540. The number of nitrogens with one attached hydrogen (secondary N) is 1. The summed E-state index contributed by atoms with van der Waals surface area (Å²) in [6.45, 7) is 0.150. The van der Waals surface area contributed by atoms with E-state index in [9.17, 15) is 22.8 Å². The van der Waals surface area contributed by atoms with Gasteiger partial charge in [-0.2, -0.15) is 0 Å². The van der Waals surface area contributed by atoms with Gasteiger partial charge in [-0.15, -0.1) is 13.2 Å². The Bertz CT molecular complexity index is 1060. The first kappa shape index (κ1) is 23.8. The third-order valence-electron chi connectivity index (χ3n) is 4.87. The molecular formula is C25H23F3N2O3. The third kappa shape index (κ3) is 7.38. The summed E-state index contributed by atoms with van der Waals surface area (Å²) < 4.78 is 40.9. The Hall–Kier alpha value is -3.81. The van der Waals surface area contributed by atoms with Gasteiger partial charge in [0.25, 0.3) is 5.91 Å². The molecule has 33 heavy (non-hydrogen) atoms. The fourth-order valence-electron chi connectivity index (χ4n) is 3.30. The zero-order valence-corrected chi connectivity index (χ0v) is 17.9. The molecule has 5 nitrogen and oxygen atoms in total. The highest BCUT2D eigenvalue weighted by molar-refractivity contribution is 5.97. The van der Waals surface area contributed by atoms with Crippen molar-refractivity contribution in [2.45, 2.75) is 25.4 Å². The van der Waals surface area contributed by atoms with Crippen LogP contribution in [0.1, 0.15) is 21.5 Å². The second kappa shape index (κ2) is 10.7. The molecule has 3 rings (SSSR count). The van der Waals surface area contributed by atoms with Gasteiger partial charge in [-0.25, -0.2) is 0 Å². The SMILES string of the molecule is CN(Cc1ccc(OC(F)(F)F)cc1)C(=O)C(Cc1ccccc1)NC(=O)c1ccccc1. The Morgan fingerprint density at radius 2 is 1.45 bits per heavy atom. The fourth-order valence-corrected chi connectivity index (χ4v) is 3.30. The van der Waals surface area contributed by atoms with Crippen molar-refractivity contribution >= 4 is 11.8 Å². The standard InChI is InChI=1S/C25H23F3N2O3/c1-30(17-19-12-14-21(15-13-19)33-25(26,27)28)24(32)22(16-18-8-4-2-5-9-18)29-23(31)20-10-6-3-7-11-20/h2-15,22H,16-17H2,1H3,(H,29,31). The smallest absolute Gasteiger partial charge is 0.406 e. The van der Waals surface area contributed by atoms with Gasteiger partial charge in [0.05, 0.1) is 0 Å². The summed E-state index contributed by atoms with van der Waals surface area (Å²) in [6, 6.07) is 22.4. The maximum atomic E-state index is 13.2. The first-order valence-corrected chi connectivity index (χ1v) is 10.2. The predicted octanol–water partition coefficient (Wildman–Crippen LogP) is 4.58. The number of likely N-dealkylation sites (N-methyl/N-ethyl adjacent to an activating group) is 1. The molecule has 8 heteroatoms. The number of alkyl halides is 3. The molecule has 172 valence electrons. The summed E-state index contributed by atoms with van der Waals surface area (Å²) in [7, 11) is 1.58. The van der Waals surface area contributed by atoms with E-state index in [2.05, 4.69) is 10.1 Å². The Balaban J connectivity index is 1.72. The van der Waals surface area contributed by atoms with Crippen LogP contribution in [0, 0.1) is 0 Å². The van der Waals surface area contributed by atoms with Crippen LogP contribution in [0.15, 0.2) is 84.9 Å². The Labute approximate surface area is 189 Å². The number of halogens is 3. The molecule has 0 radical (unpaired) electrons. The maximum Gasteiger partial charge on any atom is 0.573 e. The van der Waals surface area contributed by atoms with E-state index in [-0.39, 0.29) is 24.1 Å². The Morgan fingerprint density at radius 1 is 0.879 bits per heavy atom. The zero-order valence-electron chi connectivity index (χ0n) is 17.9. The lowest BCUT2D eigenvalue weighted by atomic mass is 10.0. The van der Waals surface area contributed by atoms with Gasteiger partial charge in [-0.3, -0.25) is 9.59 Å². The molecule has 0 saturated carbocycles. The minimum atomic E-state index is -4.77. The second-order valence-corrected chi connectivity index (χ2v) is 7.47. The number of carbonyl (C=O) groups is 2. The molecule has 0 aliphatic heterocycles. The van der Waals surface area contributed by atoms with Crippen LogP contribution in [0.2, 0.25) is 0 Å². The van der Waals surface area contributed by atoms with Crippen LogP contribution >= 0.6 is 0 Å². The third-order valence-corrected chi connectivity index (χ3v) is 4.87. The number of ether oxygens (including phenoxy) is 1. The molecule has 3 aromatic carbocycles. The molecule has 1 N–H and O–H groups in total. The van der Waals surface area contributed by atoms with Crippen LogP contribution in [0.5, 0.6) is 5.75 Å². The molecule has 0 bridgehead atoms. The molecule has 1 unspecified atom stereocenters. The van der Waals surface area contributed by atoms with Crippen molar-refractivity contribution in [3.8, 4) is 5.75 Å². The molecule has 0 heterocycles. The van der Waals surface area contributed by atoms with Crippen molar-refractivity contribution in [3.05, 3.63) is 102 Å². The predicted molar refractivity (Wildman–Crippen MR) is 117 cm³/mol. The fraction of sp³-hybridized carbons (Fsp3) is 0.200. The highest BCUT2D eigenvalue weighted by Crippen LogP contribution is 2.23. The van der Waals surface area contributed by atoms with Crippen molar-refractivity contribution in [1.82, 2.24) is 10.2 Å². The topological polar surface area (TPSA) is 58.6 Å². The highest BCUT2D eigenvalue weighted by atomic mass is 19.4. The monoisotopic (exact) mass is 456 g/mol. The average Bonchev–Trinajstić information content (AvgIpc) is 2.79. The molecule has 0 fully saturated rings. The van der Waals surface area contributed by atoms with Gasteiger partial charge in [0.1, 0.15) is 11.8 Å². The molecule has 2 amide bonds. The number of hydrogen-bond donors (Lipinski definition) is 1. The van der Waals surface area contributed by atoms with Gasteiger partial charge in [0.15, 0.2) is 0 Å². The Morgan fingerprint density at radius 3 is 2.03 bits per heavy atom. The normalized spacial score (nSPS) is 12.0. The summed E-state index contributed by atoms with van der Waals surface area (Å²) in [5.74, 6) is -1.03. The van der Waals surface area contributed by atoms with E-state index in [4.69, 9.17) is 0 Å². The van der Waals surface area contributed by atoms with Crippen molar-refractivity contribution in [2.75, 3.05) is 7.05 Å². The summed E-state index contributed by atoms with van der Waals surface area (Å²) in [6.07, 6.45) is -4.48. The van der Waals surface area contributed by atoms with E-state index in [1.54, 1.807) is 37.4 Å². The van der Waals surface area contributed by atoms with Gasteiger partial charge in [0, 0.05) is 25.6 Å². The second-order valence-electron chi connectivity index (χ2n) is 7.47. The highest BCUT2D eigenvalue weighted by Gasteiger charge is 2.31. The molecular weight excluding hydrogens is 433 g/mol. The zero-order chi connectivity index (χ0) is 23.8. The molecule has 0 aliphatic rings. The lowest BCUT2D eigenvalue weighted by molar-refractivity contribution is -0.274. The largest absolute Gasteiger partial charge is 0.573 e. The number of nitrogens with zero attached hydrogens (tertiary/aromatic N) is 1. The minimum absolute atomic E-state index is 0.150. The van der Waals surface area contributed by atoms with E-state index in [0.717, 1.165) is 5.56 Å². The van der Waals surface area contributed by atoms with E-state index in [1.165, 1.54) is 29.2 Å². The number of hydrogen-bond acceptors (Lipinski definition) is 3. The maximum absolute atomic E-state index is 13.2.